The lowest BCUT2D eigenvalue weighted by molar-refractivity contribution is -0.149. The van der Waals surface area contributed by atoms with E-state index in [0.29, 0.717) is 18.4 Å². The summed E-state index contributed by atoms with van der Waals surface area (Å²) >= 11 is 0. The number of phenols is 1. The summed E-state index contributed by atoms with van der Waals surface area (Å²) in [6.45, 7) is 1.45. The number of hydrogen-bond acceptors (Lipinski definition) is 6. The van der Waals surface area contributed by atoms with Gasteiger partial charge in [0.15, 0.2) is 11.4 Å². The van der Waals surface area contributed by atoms with E-state index in [1.807, 2.05) is 0 Å². The molecule has 21 heavy (non-hydrogen) atoms. The largest absolute Gasteiger partial charge is 0.507 e. The van der Waals surface area contributed by atoms with Crippen LogP contribution in [0.15, 0.2) is 12.1 Å². The van der Waals surface area contributed by atoms with Crippen LogP contribution in [-0.4, -0.2) is 33.7 Å². The van der Waals surface area contributed by atoms with E-state index in [4.69, 9.17) is 9.47 Å². The van der Waals surface area contributed by atoms with Gasteiger partial charge in [-0.1, -0.05) is 0 Å². The molecule has 0 aliphatic carbocycles. The fraction of sp³-hybridized carbons (Fsp3) is 0.467. The van der Waals surface area contributed by atoms with Crippen molar-refractivity contribution in [1.82, 2.24) is 0 Å². The van der Waals surface area contributed by atoms with Gasteiger partial charge in [-0.15, -0.1) is 0 Å². The molecular formula is C15H16O6. The number of Topliss-reactive ketones (excluding diaryl/α,β-unsaturated/α-hetero) is 1. The van der Waals surface area contributed by atoms with Gasteiger partial charge in [-0.3, -0.25) is 9.59 Å². The molecule has 6 heteroatoms. The summed E-state index contributed by atoms with van der Waals surface area (Å²) in [5.74, 6) is -0.536. The number of ketones is 1. The Morgan fingerprint density at radius 2 is 2.14 bits per heavy atom. The zero-order chi connectivity index (χ0) is 15.2. The molecule has 112 valence electrons. The van der Waals surface area contributed by atoms with Gasteiger partial charge in [0.2, 0.25) is 0 Å². The molecule has 0 bridgehead atoms. The second-order valence-electron chi connectivity index (χ2n) is 5.68. The molecule has 1 fully saturated rings. The Morgan fingerprint density at radius 1 is 1.38 bits per heavy atom. The minimum absolute atomic E-state index is 0.0317. The highest BCUT2D eigenvalue weighted by molar-refractivity contribution is 6.03. The number of rotatable bonds is 2. The van der Waals surface area contributed by atoms with Crippen LogP contribution in [0.5, 0.6) is 11.5 Å². The standard InChI is InChI=1S/C15H16O6/c1-15(12-2-3-13(19)20-12)6-10(18)14-9(17)4-8(7-16)5-11(14)21-15/h4-5,12,16-17H,2-3,6-7H2,1H3/t12-,15-/m0/s1. The van der Waals surface area contributed by atoms with E-state index in [0.717, 1.165) is 0 Å². The van der Waals surface area contributed by atoms with E-state index in [1.165, 1.54) is 12.1 Å². The maximum Gasteiger partial charge on any atom is 0.306 e. The Morgan fingerprint density at radius 3 is 2.76 bits per heavy atom. The number of phenolic OH excluding ortho intramolecular Hbond substituents is 1. The van der Waals surface area contributed by atoms with Crippen LogP contribution in [0.25, 0.3) is 0 Å². The van der Waals surface area contributed by atoms with Crippen LogP contribution >= 0.6 is 0 Å². The van der Waals surface area contributed by atoms with Gasteiger partial charge < -0.3 is 19.7 Å². The van der Waals surface area contributed by atoms with Crippen LogP contribution in [0.1, 0.15) is 42.1 Å². The highest BCUT2D eigenvalue weighted by Gasteiger charge is 2.48. The Hall–Kier alpha value is -2.08. The minimum atomic E-state index is -0.948. The molecule has 0 radical (unpaired) electrons. The van der Waals surface area contributed by atoms with Gasteiger partial charge >= 0.3 is 5.97 Å². The van der Waals surface area contributed by atoms with Crippen LogP contribution in [0.3, 0.4) is 0 Å². The second kappa shape index (κ2) is 4.73. The normalized spacial score (nSPS) is 28.0. The molecule has 1 aromatic rings. The first-order chi connectivity index (χ1) is 9.93. The number of cyclic esters (lactones) is 1. The highest BCUT2D eigenvalue weighted by atomic mass is 16.6. The van der Waals surface area contributed by atoms with E-state index < -0.39 is 11.7 Å². The summed E-state index contributed by atoms with van der Waals surface area (Å²) in [6, 6.07) is 2.87. The van der Waals surface area contributed by atoms with Gasteiger partial charge in [-0.25, -0.2) is 0 Å². The van der Waals surface area contributed by atoms with E-state index in [1.54, 1.807) is 6.92 Å². The predicted octanol–water partition coefficient (Wildman–Crippen LogP) is 1.31. The van der Waals surface area contributed by atoms with E-state index in [2.05, 4.69) is 0 Å². The van der Waals surface area contributed by atoms with Gasteiger partial charge in [-0.05, 0) is 31.0 Å². The number of aromatic hydroxyl groups is 1. The molecule has 0 amide bonds. The number of carbonyl (C=O) groups excluding carboxylic acids is 2. The SMILES string of the molecule is C[C@@]1([C@@H]2CCC(=O)O2)CC(=O)c2c(O)cc(CO)cc2O1. The van der Waals surface area contributed by atoms with Gasteiger partial charge in [-0.2, -0.15) is 0 Å². The van der Waals surface area contributed by atoms with Crippen molar-refractivity contribution in [3.8, 4) is 11.5 Å². The van der Waals surface area contributed by atoms with Crippen molar-refractivity contribution in [3.63, 3.8) is 0 Å². The fourth-order valence-electron chi connectivity index (χ4n) is 2.94. The fourth-order valence-corrected chi connectivity index (χ4v) is 2.94. The smallest absolute Gasteiger partial charge is 0.306 e. The van der Waals surface area contributed by atoms with Crippen LogP contribution in [-0.2, 0) is 16.1 Å². The highest BCUT2D eigenvalue weighted by Crippen LogP contribution is 2.42. The third-order valence-electron chi connectivity index (χ3n) is 4.02. The van der Waals surface area contributed by atoms with Crippen molar-refractivity contribution in [2.45, 2.75) is 44.5 Å². The summed E-state index contributed by atoms with van der Waals surface area (Å²) in [4.78, 5) is 23.6. The first-order valence-electron chi connectivity index (χ1n) is 6.81. The molecule has 2 aliphatic rings. The third kappa shape index (κ3) is 2.25. The number of esters is 1. The molecule has 2 atom stereocenters. The first-order valence-corrected chi connectivity index (χ1v) is 6.81. The van der Waals surface area contributed by atoms with Crippen LogP contribution in [0.4, 0.5) is 0 Å². The summed E-state index contributed by atoms with van der Waals surface area (Å²) in [7, 11) is 0. The number of ether oxygens (including phenoxy) is 2. The summed E-state index contributed by atoms with van der Waals surface area (Å²) < 4.78 is 11.1. The Kier molecular flexibility index (Phi) is 3.13. The lowest BCUT2D eigenvalue weighted by Gasteiger charge is -2.38. The Labute approximate surface area is 121 Å². The van der Waals surface area contributed by atoms with Crippen molar-refractivity contribution in [3.05, 3.63) is 23.3 Å². The summed E-state index contributed by atoms with van der Waals surface area (Å²) in [6.07, 6.45) is 0.363. The second-order valence-corrected chi connectivity index (χ2v) is 5.68. The lowest BCUT2D eigenvalue weighted by Crippen LogP contribution is -2.49. The van der Waals surface area contributed by atoms with E-state index in [-0.39, 0.29) is 41.8 Å². The molecule has 0 saturated carbocycles. The van der Waals surface area contributed by atoms with Crippen molar-refractivity contribution >= 4 is 11.8 Å². The molecule has 0 aromatic heterocycles. The molecule has 2 heterocycles. The van der Waals surface area contributed by atoms with Crippen molar-refractivity contribution in [2.24, 2.45) is 0 Å². The summed E-state index contributed by atoms with van der Waals surface area (Å²) in [5, 5.41) is 19.1. The minimum Gasteiger partial charge on any atom is -0.507 e. The number of aliphatic hydroxyl groups is 1. The molecule has 2 N–H and O–H groups in total. The van der Waals surface area contributed by atoms with Crippen LogP contribution in [0.2, 0.25) is 0 Å². The predicted molar refractivity (Wildman–Crippen MR) is 71.1 cm³/mol. The molecule has 0 spiro atoms. The molecule has 3 rings (SSSR count). The average molecular weight is 292 g/mol. The zero-order valence-corrected chi connectivity index (χ0v) is 11.6. The molecule has 6 nitrogen and oxygen atoms in total. The van der Waals surface area contributed by atoms with Crippen molar-refractivity contribution in [1.29, 1.82) is 0 Å². The maximum absolute atomic E-state index is 12.3. The Bertz CT molecular complexity index is 623. The first kappa shape index (κ1) is 13.9. The Balaban J connectivity index is 1.99. The topological polar surface area (TPSA) is 93.1 Å². The monoisotopic (exact) mass is 292 g/mol. The molecule has 2 aliphatic heterocycles. The van der Waals surface area contributed by atoms with Crippen LogP contribution < -0.4 is 4.74 Å². The molecule has 0 unspecified atom stereocenters. The number of carbonyl (C=O) groups is 2. The number of hydrogen-bond donors (Lipinski definition) is 2. The molecular weight excluding hydrogens is 276 g/mol. The third-order valence-corrected chi connectivity index (χ3v) is 4.02. The van der Waals surface area contributed by atoms with Gasteiger partial charge in [0.1, 0.15) is 23.2 Å². The number of aliphatic hydroxyl groups excluding tert-OH is 1. The van der Waals surface area contributed by atoms with Crippen LogP contribution in [0, 0.1) is 0 Å². The van der Waals surface area contributed by atoms with Crippen molar-refractivity contribution in [2.75, 3.05) is 0 Å². The number of fused-ring (bicyclic) bond motifs is 1. The lowest BCUT2D eigenvalue weighted by atomic mass is 9.85. The summed E-state index contributed by atoms with van der Waals surface area (Å²) in [5.41, 5.74) is -0.378. The van der Waals surface area contributed by atoms with Crippen molar-refractivity contribution < 1.29 is 29.3 Å². The number of benzene rings is 1. The quantitative estimate of drug-likeness (QED) is 0.798. The van der Waals surface area contributed by atoms with Gasteiger partial charge in [0.25, 0.3) is 0 Å². The zero-order valence-electron chi connectivity index (χ0n) is 11.6. The van der Waals surface area contributed by atoms with Gasteiger partial charge in [0, 0.05) is 6.42 Å². The van der Waals surface area contributed by atoms with Gasteiger partial charge in [0.05, 0.1) is 13.0 Å². The van der Waals surface area contributed by atoms with E-state index in [9.17, 15) is 19.8 Å². The van der Waals surface area contributed by atoms with E-state index >= 15 is 0 Å². The average Bonchev–Trinajstić information content (AvgIpc) is 2.84. The molecule has 1 saturated heterocycles. The maximum atomic E-state index is 12.3. The molecule has 1 aromatic carbocycles.